The number of rotatable bonds is 5. The molecule has 0 saturated carbocycles. The summed E-state index contributed by atoms with van der Waals surface area (Å²) in [5.74, 6) is -0.405. The van der Waals surface area contributed by atoms with Gasteiger partial charge in [0, 0.05) is 24.4 Å². The molecule has 1 fully saturated rings. The number of hydrogen-bond acceptors (Lipinski definition) is 7. The van der Waals surface area contributed by atoms with Gasteiger partial charge in [-0.2, -0.15) is 18.6 Å². The Morgan fingerprint density at radius 3 is 2.69 bits per heavy atom. The Kier molecular flexibility index (Phi) is 4.93. The predicted octanol–water partition coefficient (Wildman–Crippen LogP) is 2.72. The number of hydrogen-bond donors (Lipinski definition) is 0. The van der Waals surface area contributed by atoms with Crippen LogP contribution in [0.15, 0.2) is 66.3 Å². The molecule has 164 valence electrons. The van der Waals surface area contributed by atoms with Gasteiger partial charge < -0.3 is 4.90 Å². The lowest BCUT2D eigenvalue weighted by atomic mass is 10.0. The van der Waals surface area contributed by atoms with E-state index in [1.165, 1.54) is 41.9 Å². The second kappa shape index (κ2) is 7.79. The van der Waals surface area contributed by atoms with Crippen LogP contribution in [0.25, 0.3) is 5.82 Å². The third-order valence-electron chi connectivity index (χ3n) is 5.35. The summed E-state index contributed by atoms with van der Waals surface area (Å²) in [5, 5.41) is 7.97. The molecule has 5 rings (SSSR count). The number of pyridine rings is 1. The largest absolute Gasteiger partial charge is 0.349 e. The van der Waals surface area contributed by atoms with Crippen molar-refractivity contribution in [3.8, 4) is 5.82 Å². The number of aromatic nitrogens is 6. The average molecular weight is 457 g/mol. The molecule has 1 saturated heterocycles. The summed E-state index contributed by atoms with van der Waals surface area (Å²) in [4.78, 5) is 9.64. The van der Waals surface area contributed by atoms with Gasteiger partial charge in [-0.25, -0.2) is 23.4 Å². The fourth-order valence-corrected chi connectivity index (χ4v) is 5.11. The van der Waals surface area contributed by atoms with E-state index >= 15 is 0 Å². The maximum absolute atomic E-state index is 14.4. The van der Waals surface area contributed by atoms with E-state index in [0.29, 0.717) is 25.2 Å². The minimum absolute atomic E-state index is 0.0704. The highest BCUT2D eigenvalue weighted by atomic mass is 32.2. The van der Waals surface area contributed by atoms with Crippen LogP contribution in [0.3, 0.4) is 0 Å². The molecule has 0 aliphatic carbocycles. The second-order valence-electron chi connectivity index (χ2n) is 7.25. The van der Waals surface area contributed by atoms with Crippen molar-refractivity contribution in [1.29, 1.82) is 0 Å². The molecule has 4 aromatic rings. The highest BCUT2D eigenvalue weighted by molar-refractivity contribution is 7.90. The van der Waals surface area contributed by atoms with Gasteiger partial charge in [0.2, 0.25) is 0 Å². The molecule has 1 aliphatic rings. The first kappa shape index (κ1) is 20.2. The van der Waals surface area contributed by atoms with E-state index in [2.05, 4.69) is 20.2 Å². The van der Waals surface area contributed by atoms with Crippen LogP contribution in [0.4, 0.5) is 14.6 Å². The summed E-state index contributed by atoms with van der Waals surface area (Å²) in [6.07, 6.45) is 6.62. The van der Waals surface area contributed by atoms with Gasteiger partial charge in [0.25, 0.3) is 10.0 Å². The van der Waals surface area contributed by atoms with Crippen molar-refractivity contribution in [2.75, 3.05) is 11.4 Å². The Labute approximate surface area is 182 Å². The van der Waals surface area contributed by atoms with Crippen molar-refractivity contribution >= 4 is 15.8 Å². The third-order valence-corrected chi connectivity index (χ3v) is 6.93. The van der Waals surface area contributed by atoms with E-state index in [-0.39, 0.29) is 16.3 Å². The van der Waals surface area contributed by atoms with Crippen LogP contribution >= 0.6 is 0 Å². The van der Waals surface area contributed by atoms with E-state index in [0.717, 1.165) is 22.3 Å². The van der Waals surface area contributed by atoms with Gasteiger partial charge in [-0.15, -0.1) is 4.09 Å². The van der Waals surface area contributed by atoms with Gasteiger partial charge in [0.15, 0.2) is 5.82 Å². The lowest BCUT2D eigenvalue weighted by Gasteiger charge is -2.27. The zero-order valence-electron chi connectivity index (χ0n) is 16.6. The average Bonchev–Trinajstić information content (AvgIpc) is 3.55. The van der Waals surface area contributed by atoms with Gasteiger partial charge >= 0.3 is 0 Å². The Balaban J connectivity index is 1.50. The molecule has 1 atom stereocenters. The van der Waals surface area contributed by atoms with E-state index in [1.807, 2.05) is 0 Å². The van der Waals surface area contributed by atoms with Crippen molar-refractivity contribution < 1.29 is 17.2 Å². The Morgan fingerprint density at radius 1 is 1.06 bits per heavy atom. The van der Waals surface area contributed by atoms with E-state index in [9.17, 15) is 17.2 Å². The lowest BCUT2D eigenvalue weighted by molar-refractivity contribution is 0.556. The lowest BCUT2D eigenvalue weighted by Crippen LogP contribution is -2.28. The van der Waals surface area contributed by atoms with Crippen LogP contribution < -0.4 is 4.90 Å². The van der Waals surface area contributed by atoms with Crippen molar-refractivity contribution in [3.63, 3.8) is 0 Å². The highest BCUT2D eigenvalue weighted by Crippen LogP contribution is 2.38. The summed E-state index contributed by atoms with van der Waals surface area (Å²) < 4.78 is 57.1. The van der Waals surface area contributed by atoms with E-state index in [4.69, 9.17) is 0 Å². The molecule has 0 radical (unpaired) electrons. The molecule has 0 bridgehead atoms. The molecule has 1 aliphatic heterocycles. The summed E-state index contributed by atoms with van der Waals surface area (Å²) in [5.41, 5.74) is 0.187. The van der Waals surface area contributed by atoms with Crippen LogP contribution in [-0.4, -0.2) is 43.9 Å². The van der Waals surface area contributed by atoms with Crippen LogP contribution in [-0.2, 0) is 10.0 Å². The maximum atomic E-state index is 14.4. The number of halogens is 2. The smallest absolute Gasteiger partial charge is 0.286 e. The molecule has 1 aromatic carbocycles. The summed E-state index contributed by atoms with van der Waals surface area (Å²) >= 11 is 0. The molecule has 32 heavy (non-hydrogen) atoms. The molecular weight excluding hydrogens is 440 g/mol. The van der Waals surface area contributed by atoms with E-state index < -0.39 is 27.7 Å². The zero-order valence-corrected chi connectivity index (χ0v) is 17.4. The van der Waals surface area contributed by atoms with Crippen molar-refractivity contribution in [2.45, 2.75) is 23.8 Å². The molecule has 0 amide bonds. The van der Waals surface area contributed by atoms with E-state index in [1.54, 1.807) is 11.0 Å². The second-order valence-corrected chi connectivity index (χ2v) is 9.01. The number of benzene rings is 1. The SMILES string of the molecule is O=S(=O)(c1ccc(-n2cncn2)nc1)n1nccc1N1CCC[C@@H]1c1cc(F)ccc1F. The first-order valence-corrected chi connectivity index (χ1v) is 11.2. The first-order valence-electron chi connectivity index (χ1n) is 9.77. The van der Waals surface area contributed by atoms with Crippen molar-refractivity contribution in [1.82, 2.24) is 28.9 Å². The molecule has 3 aromatic heterocycles. The Hall–Kier alpha value is -3.67. The van der Waals surface area contributed by atoms with Gasteiger partial charge in [-0.1, -0.05) is 0 Å². The fourth-order valence-electron chi connectivity index (χ4n) is 3.90. The number of anilines is 1. The molecule has 0 N–H and O–H groups in total. The monoisotopic (exact) mass is 457 g/mol. The molecule has 9 nitrogen and oxygen atoms in total. The molecule has 12 heteroatoms. The topological polar surface area (TPSA) is 98.8 Å². The predicted molar refractivity (Wildman–Crippen MR) is 110 cm³/mol. The maximum Gasteiger partial charge on any atom is 0.286 e. The van der Waals surface area contributed by atoms with Crippen LogP contribution in [0.5, 0.6) is 0 Å². The standard InChI is InChI=1S/C20H17F2N7O2S/c21-14-3-5-17(22)16(10-14)18-2-1-9-27(18)20-7-8-25-29(20)32(30,31)15-4-6-19(24-11-15)28-13-23-12-26-28/h3-8,10-13,18H,1-2,9H2/t18-/m1/s1. The minimum atomic E-state index is -4.08. The summed E-state index contributed by atoms with van der Waals surface area (Å²) in [7, 11) is -4.08. The molecule has 0 spiro atoms. The van der Waals surface area contributed by atoms with Gasteiger partial charge in [0.05, 0.1) is 12.2 Å². The summed E-state index contributed by atoms with van der Waals surface area (Å²) in [6, 6.07) is 7.23. The third kappa shape index (κ3) is 3.42. The van der Waals surface area contributed by atoms with Crippen LogP contribution in [0.1, 0.15) is 24.4 Å². The Bertz CT molecular complexity index is 1360. The molecular formula is C20H17F2N7O2S. The minimum Gasteiger partial charge on any atom is -0.349 e. The molecule has 0 unspecified atom stereocenters. The summed E-state index contributed by atoms with van der Waals surface area (Å²) in [6.45, 7) is 0.478. The van der Waals surface area contributed by atoms with Gasteiger partial charge in [-0.05, 0) is 43.2 Å². The van der Waals surface area contributed by atoms with Crippen molar-refractivity contribution in [2.24, 2.45) is 0 Å². The van der Waals surface area contributed by atoms with Crippen molar-refractivity contribution in [3.05, 3.63) is 78.6 Å². The van der Waals surface area contributed by atoms with Gasteiger partial charge in [0.1, 0.15) is 35.0 Å². The quantitative estimate of drug-likeness (QED) is 0.454. The van der Waals surface area contributed by atoms with Gasteiger partial charge in [-0.3, -0.25) is 0 Å². The van der Waals surface area contributed by atoms with Crippen LogP contribution in [0, 0.1) is 11.6 Å². The molecule has 4 heterocycles. The highest BCUT2D eigenvalue weighted by Gasteiger charge is 2.33. The number of nitrogens with zero attached hydrogens (tertiary/aromatic N) is 7. The Morgan fingerprint density at radius 2 is 1.94 bits per heavy atom. The first-order chi connectivity index (χ1) is 15.4. The zero-order chi connectivity index (χ0) is 22.3. The fraction of sp³-hybridized carbons (Fsp3) is 0.200. The normalized spacial score (nSPS) is 16.6. The van der Waals surface area contributed by atoms with Crippen LogP contribution in [0.2, 0.25) is 0 Å².